The molecule has 0 bridgehead atoms. The molecule has 5 heteroatoms. The highest BCUT2D eigenvalue weighted by Gasteiger charge is 2.24. The fourth-order valence-electron chi connectivity index (χ4n) is 4.17. The molecule has 2 rings (SSSR count). The third-order valence-corrected chi connectivity index (χ3v) is 7.13. The Kier molecular flexibility index (Phi) is 14.0. The first-order chi connectivity index (χ1) is 16.9. The van der Waals surface area contributed by atoms with E-state index in [1.54, 1.807) is 12.1 Å². The lowest BCUT2D eigenvalue weighted by Gasteiger charge is -2.17. The first-order valence-corrected chi connectivity index (χ1v) is 14.1. The standard InChI is InChI=1S/C30H45ClN2O2/c1-5-6-7-8-9-10-11-12-16-25-21-32-29(33-22-25)26-17-19-27(20-18-26)35-30(34)28(31)24(4)15-13-14-23(2)3/h17-24,28H,5-16H2,1-4H3. The number of nitrogens with zero attached hydrogens (tertiary/aromatic N) is 2. The van der Waals surface area contributed by atoms with Crippen LogP contribution in [-0.4, -0.2) is 21.3 Å². The highest BCUT2D eigenvalue weighted by molar-refractivity contribution is 6.30. The molecule has 2 unspecified atom stereocenters. The fourth-order valence-corrected chi connectivity index (χ4v) is 4.34. The minimum atomic E-state index is -0.640. The normalized spacial score (nSPS) is 13.1. The van der Waals surface area contributed by atoms with E-state index in [2.05, 4.69) is 30.7 Å². The van der Waals surface area contributed by atoms with E-state index >= 15 is 0 Å². The Bertz CT molecular complexity index is 836. The number of unbranched alkanes of at least 4 members (excludes halogenated alkanes) is 7. The van der Waals surface area contributed by atoms with Crippen molar-refractivity contribution in [3.8, 4) is 17.1 Å². The van der Waals surface area contributed by atoms with Crippen molar-refractivity contribution in [2.24, 2.45) is 11.8 Å². The number of benzene rings is 1. The summed E-state index contributed by atoms with van der Waals surface area (Å²) in [5.41, 5.74) is 2.08. The van der Waals surface area contributed by atoms with Crippen LogP contribution in [0.25, 0.3) is 11.4 Å². The Labute approximate surface area is 218 Å². The summed E-state index contributed by atoms with van der Waals surface area (Å²) in [6.07, 6.45) is 18.6. The molecule has 1 aromatic heterocycles. The van der Waals surface area contributed by atoms with Crippen molar-refractivity contribution >= 4 is 17.6 Å². The molecular weight excluding hydrogens is 456 g/mol. The summed E-state index contributed by atoms with van der Waals surface area (Å²) in [5, 5.41) is -0.640. The van der Waals surface area contributed by atoms with Crippen molar-refractivity contribution in [2.75, 3.05) is 0 Å². The second-order valence-corrected chi connectivity index (χ2v) is 10.8. The van der Waals surface area contributed by atoms with Crippen LogP contribution in [0, 0.1) is 11.8 Å². The molecule has 0 fully saturated rings. The number of rotatable bonds is 17. The van der Waals surface area contributed by atoms with Crippen molar-refractivity contribution in [3.63, 3.8) is 0 Å². The van der Waals surface area contributed by atoms with Gasteiger partial charge in [-0.05, 0) is 60.9 Å². The molecule has 0 saturated carbocycles. The molecule has 0 N–H and O–H groups in total. The third kappa shape index (κ3) is 11.6. The molecular formula is C30H45ClN2O2. The van der Waals surface area contributed by atoms with E-state index in [4.69, 9.17) is 16.3 Å². The molecule has 0 radical (unpaired) electrons. The van der Waals surface area contributed by atoms with Crippen LogP contribution in [0.15, 0.2) is 36.7 Å². The highest BCUT2D eigenvalue weighted by Crippen LogP contribution is 2.24. The number of hydrogen-bond acceptors (Lipinski definition) is 4. The number of hydrogen-bond donors (Lipinski definition) is 0. The van der Waals surface area contributed by atoms with Crippen LogP contribution in [0.2, 0.25) is 0 Å². The Morgan fingerprint density at radius 1 is 0.857 bits per heavy atom. The first kappa shape index (κ1) is 29.3. The van der Waals surface area contributed by atoms with E-state index in [0.717, 1.165) is 31.2 Å². The summed E-state index contributed by atoms with van der Waals surface area (Å²) >= 11 is 6.37. The van der Waals surface area contributed by atoms with Crippen LogP contribution in [0.4, 0.5) is 0 Å². The number of alkyl halides is 1. The third-order valence-electron chi connectivity index (χ3n) is 6.52. The van der Waals surface area contributed by atoms with E-state index in [-0.39, 0.29) is 5.92 Å². The van der Waals surface area contributed by atoms with E-state index in [9.17, 15) is 4.79 Å². The number of carbonyl (C=O) groups is 1. The molecule has 4 nitrogen and oxygen atoms in total. The highest BCUT2D eigenvalue weighted by atomic mass is 35.5. The van der Waals surface area contributed by atoms with Gasteiger partial charge in [0.1, 0.15) is 11.1 Å². The smallest absolute Gasteiger partial charge is 0.329 e. The Balaban J connectivity index is 1.75. The van der Waals surface area contributed by atoms with Gasteiger partial charge in [-0.15, -0.1) is 11.6 Å². The Morgan fingerprint density at radius 2 is 1.46 bits per heavy atom. The first-order valence-electron chi connectivity index (χ1n) is 13.7. The van der Waals surface area contributed by atoms with E-state index < -0.39 is 11.3 Å². The summed E-state index contributed by atoms with van der Waals surface area (Å²) < 4.78 is 5.51. The van der Waals surface area contributed by atoms with Crippen LogP contribution < -0.4 is 4.74 Å². The van der Waals surface area contributed by atoms with Crippen LogP contribution in [-0.2, 0) is 11.2 Å². The zero-order valence-corrected chi connectivity index (χ0v) is 23.0. The molecule has 0 aliphatic carbocycles. The molecule has 2 aromatic rings. The van der Waals surface area contributed by atoms with E-state index in [0.29, 0.717) is 17.5 Å². The number of carbonyl (C=O) groups excluding carboxylic acids is 1. The molecule has 2 atom stereocenters. The van der Waals surface area contributed by atoms with Gasteiger partial charge >= 0.3 is 5.97 Å². The Morgan fingerprint density at radius 3 is 2.06 bits per heavy atom. The van der Waals surface area contributed by atoms with E-state index in [1.165, 1.54) is 56.9 Å². The maximum atomic E-state index is 12.5. The number of ether oxygens (including phenoxy) is 1. The average Bonchev–Trinajstić information content (AvgIpc) is 2.85. The van der Waals surface area contributed by atoms with Crippen LogP contribution in [0.3, 0.4) is 0 Å². The predicted molar refractivity (Wildman–Crippen MR) is 147 cm³/mol. The minimum Gasteiger partial charge on any atom is -0.425 e. The monoisotopic (exact) mass is 500 g/mol. The quantitative estimate of drug-likeness (QED) is 0.0941. The summed E-state index contributed by atoms with van der Waals surface area (Å²) in [6.45, 7) is 8.68. The lowest BCUT2D eigenvalue weighted by molar-refractivity contribution is -0.134. The lowest BCUT2D eigenvalue weighted by Crippen LogP contribution is -2.27. The second kappa shape index (κ2) is 16.7. The summed E-state index contributed by atoms with van der Waals surface area (Å²) in [4.78, 5) is 21.5. The zero-order chi connectivity index (χ0) is 25.5. The maximum Gasteiger partial charge on any atom is 0.329 e. The minimum absolute atomic E-state index is 0.0832. The molecule has 1 heterocycles. The molecule has 0 aliphatic heterocycles. The van der Waals surface area contributed by atoms with Crippen LogP contribution in [0.1, 0.15) is 104 Å². The summed E-state index contributed by atoms with van der Waals surface area (Å²) in [7, 11) is 0. The van der Waals surface area contributed by atoms with Gasteiger partial charge in [0, 0.05) is 18.0 Å². The van der Waals surface area contributed by atoms with Crippen molar-refractivity contribution in [1.29, 1.82) is 0 Å². The molecule has 0 saturated heterocycles. The molecule has 0 spiro atoms. The molecule has 194 valence electrons. The van der Waals surface area contributed by atoms with Crippen LogP contribution in [0.5, 0.6) is 5.75 Å². The van der Waals surface area contributed by atoms with Gasteiger partial charge in [0.05, 0.1) is 0 Å². The summed E-state index contributed by atoms with van der Waals surface area (Å²) in [5.74, 6) is 1.52. The van der Waals surface area contributed by atoms with Crippen molar-refractivity contribution in [2.45, 2.75) is 110 Å². The van der Waals surface area contributed by atoms with Gasteiger partial charge in [-0.3, -0.25) is 4.79 Å². The largest absolute Gasteiger partial charge is 0.425 e. The molecule has 0 amide bonds. The van der Waals surface area contributed by atoms with Gasteiger partial charge in [-0.2, -0.15) is 0 Å². The van der Waals surface area contributed by atoms with Gasteiger partial charge in [0.25, 0.3) is 0 Å². The van der Waals surface area contributed by atoms with Gasteiger partial charge in [0.2, 0.25) is 0 Å². The second-order valence-electron chi connectivity index (χ2n) is 10.3. The number of halogens is 1. The van der Waals surface area contributed by atoms with Crippen LogP contribution >= 0.6 is 11.6 Å². The topological polar surface area (TPSA) is 52.1 Å². The molecule has 1 aromatic carbocycles. The summed E-state index contributed by atoms with van der Waals surface area (Å²) in [6, 6.07) is 7.31. The fraction of sp³-hybridized carbons (Fsp3) is 0.633. The SMILES string of the molecule is CCCCCCCCCCc1cnc(-c2ccc(OC(=O)C(Cl)C(C)CCCC(C)C)cc2)nc1. The van der Waals surface area contributed by atoms with Crippen molar-refractivity contribution < 1.29 is 9.53 Å². The van der Waals surface area contributed by atoms with Gasteiger partial charge in [-0.1, -0.05) is 85.5 Å². The molecule has 35 heavy (non-hydrogen) atoms. The Hall–Kier alpha value is -1.94. The number of aromatic nitrogens is 2. The number of esters is 1. The zero-order valence-electron chi connectivity index (χ0n) is 22.3. The van der Waals surface area contributed by atoms with Crippen molar-refractivity contribution in [1.82, 2.24) is 9.97 Å². The van der Waals surface area contributed by atoms with Gasteiger partial charge in [0.15, 0.2) is 5.82 Å². The maximum absolute atomic E-state index is 12.5. The lowest BCUT2D eigenvalue weighted by atomic mass is 9.97. The average molecular weight is 501 g/mol. The van der Waals surface area contributed by atoms with Gasteiger partial charge < -0.3 is 4.74 Å². The predicted octanol–water partition coefficient (Wildman–Crippen LogP) is 8.80. The van der Waals surface area contributed by atoms with Gasteiger partial charge in [-0.25, -0.2) is 9.97 Å². The molecule has 0 aliphatic rings. The number of aryl methyl sites for hydroxylation is 1. The van der Waals surface area contributed by atoms with E-state index in [1.807, 2.05) is 31.5 Å². The van der Waals surface area contributed by atoms with Crippen molar-refractivity contribution in [3.05, 3.63) is 42.2 Å².